The van der Waals surface area contributed by atoms with Gasteiger partial charge in [0.15, 0.2) is 0 Å². The van der Waals surface area contributed by atoms with Crippen molar-refractivity contribution in [3.8, 4) is 11.5 Å². The summed E-state index contributed by atoms with van der Waals surface area (Å²) in [6, 6.07) is 9.46. The summed E-state index contributed by atoms with van der Waals surface area (Å²) in [4.78, 5) is 33.9. The van der Waals surface area contributed by atoms with Gasteiger partial charge >= 0.3 is 11.8 Å². The van der Waals surface area contributed by atoms with E-state index in [9.17, 15) is 24.8 Å². The average molecular weight is 331 g/mol. The van der Waals surface area contributed by atoms with Crippen molar-refractivity contribution >= 4 is 28.9 Å². The fourth-order valence-electron chi connectivity index (χ4n) is 1.83. The van der Waals surface area contributed by atoms with E-state index in [4.69, 9.17) is 4.74 Å². The van der Waals surface area contributed by atoms with E-state index in [0.29, 0.717) is 0 Å². The van der Waals surface area contributed by atoms with Crippen molar-refractivity contribution in [2.75, 3.05) is 17.7 Å². The molecular formula is C15H13N3O6. The molecule has 9 heteroatoms. The van der Waals surface area contributed by atoms with Crippen LogP contribution in [0, 0.1) is 10.1 Å². The fraction of sp³-hybridized carbons (Fsp3) is 0.0667. The fourth-order valence-corrected chi connectivity index (χ4v) is 1.83. The van der Waals surface area contributed by atoms with Crippen LogP contribution in [0.3, 0.4) is 0 Å². The van der Waals surface area contributed by atoms with Crippen LogP contribution >= 0.6 is 0 Å². The number of phenols is 1. The Bertz CT molecular complexity index is 806. The van der Waals surface area contributed by atoms with Gasteiger partial charge in [-0.1, -0.05) is 12.1 Å². The minimum atomic E-state index is -1.02. The monoisotopic (exact) mass is 331 g/mol. The first-order chi connectivity index (χ1) is 11.4. The van der Waals surface area contributed by atoms with Gasteiger partial charge in [0.25, 0.3) is 5.69 Å². The third-order valence-electron chi connectivity index (χ3n) is 3.00. The Kier molecular flexibility index (Phi) is 4.95. The second-order valence-electron chi connectivity index (χ2n) is 4.57. The van der Waals surface area contributed by atoms with Crippen LogP contribution in [0.25, 0.3) is 0 Å². The smallest absolute Gasteiger partial charge is 0.314 e. The molecule has 0 heterocycles. The maximum Gasteiger partial charge on any atom is 0.314 e. The number of para-hydroxylation sites is 2. The SMILES string of the molecule is COc1cc([N+](=O)[O-])ccc1NC(=O)C(=O)Nc1ccccc1O. The van der Waals surface area contributed by atoms with Crippen molar-refractivity contribution in [2.24, 2.45) is 0 Å². The van der Waals surface area contributed by atoms with Gasteiger partial charge in [-0.15, -0.1) is 0 Å². The highest BCUT2D eigenvalue weighted by atomic mass is 16.6. The number of phenolic OH excluding ortho intramolecular Hbond substituents is 1. The number of benzene rings is 2. The first kappa shape index (κ1) is 16.7. The Morgan fingerprint density at radius 2 is 1.71 bits per heavy atom. The maximum atomic E-state index is 11.9. The molecule has 0 aliphatic rings. The number of rotatable bonds is 4. The molecule has 0 bridgehead atoms. The molecular weight excluding hydrogens is 318 g/mol. The van der Waals surface area contributed by atoms with E-state index < -0.39 is 16.7 Å². The lowest BCUT2D eigenvalue weighted by Crippen LogP contribution is -2.29. The quantitative estimate of drug-likeness (QED) is 0.339. The van der Waals surface area contributed by atoms with E-state index >= 15 is 0 Å². The van der Waals surface area contributed by atoms with Crippen LogP contribution < -0.4 is 15.4 Å². The topological polar surface area (TPSA) is 131 Å². The first-order valence-corrected chi connectivity index (χ1v) is 6.65. The van der Waals surface area contributed by atoms with Crippen LogP contribution in [0.5, 0.6) is 11.5 Å². The summed E-state index contributed by atoms with van der Waals surface area (Å²) in [5.74, 6) is -2.19. The molecule has 3 N–H and O–H groups in total. The summed E-state index contributed by atoms with van der Waals surface area (Å²) in [7, 11) is 1.27. The highest BCUT2D eigenvalue weighted by molar-refractivity contribution is 6.43. The number of methoxy groups -OCH3 is 1. The summed E-state index contributed by atoms with van der Waals surface area (Å²) >= 11 is 0. The molecule has 0 spiro atoms. The van der Waals surface area contributed by atoms with Gasteiger partial charge in [-0.3, -0.25) is 19.7 Å². The number of aromatic hydroxyl groups is 1. The molecule has 2 amide bonds. The van der Waals surface area contributed by atoms with Crippen LogP contribution in [0.2, 0.25) is 0 Å². The van der Waals surface area contributed by atoms with E-state index in [1.54, 1.807) is 12.1 Å². The summed E-state index contributed by atoms with van der Waals surface area (Å²) < 4.78 is 4.96. The number of anilines is 2. The Balaban J connectivity index is 2.13. The lowest BCUT2D eigenvalue weighted by Gasteiger charge is -2.10. The normalized spacial score (nSPS) is 9.88. The molecule has 2 aromatic carbocycles. The van der Waals surface area contributed by atoms with E-state index in [1.165, 1.54) is 31.4 Å². The Morgan fingerprint density at radius 3 is 2.29 bits per heavy atom. The second-order valence-corrected chi connectivity index (χ2v) is 4.57. The third kappa shape index (κ3) is 3.77. The summed E-state index contributed by atoms with van der Waals surface area (Å²) in [5, 5.41) is 24.8. The van der Waals surface area contributed by atoms with E-state index in [2.05, 4.69) is 10.6 Å². The molecule has 9 nitrogen and oxygen atoms in total. The molecule has 0 saturated heterocycles. The second kappa shape index (κ2) is 7.09. The molecule has 2 rings (SSSR count). The predicted molar refractivity (Wildman–Crippen MR) is 85.0 cm³/mol. The van der Waals surface area contributed by atoms with Crippen molar-refractivity contribution < 1.29 is 24.4 Å². The highest BCUT2D eigenvalue weighted by Crippen LogP contribution is 2.29. The number of nitro benzene ring substituents is 1. The number of hydrogen-bond acceptors (Lipinski definition) is 6. The lowest BCUT2D eigenvalue weighted by molar-refractivity contribution is -0.384. The Morgan fingerprint density at radius 1 is 1.08 bits per heavy atom. The van der Waals surface area contributed by atoms with E-state index in [0.717, 1.165) is 6.07 Å². The molecule has 0 aromatic heterocycles. The zero-order chi connectivity index (χ0) is 17.7. The van der Waals surface area contributed by atoms with Gasteiger partial charge in [0.05, 0.1) is 29.5 Å². The first-order valence-electron chi connectivity index (χ1n) is 6.65. The van der Waals surface area contributed by atoms with Crippen molar-refractivity contribution in [1.82, 2.24) is 0 Å². The number of nitrogens with zero attached hydrogens (tertiary/aromatic N) is 1. The zero-order valence-corrected chi connectivity index (χ0v) is 12.5. The largest absolute Gasteiger partial charge is 0.506 e. The van der Waals surface area contributed by atoms with Gasteiger partial charge < -0.3 is 20.5 Å². The van der Waals surface area contributed by atoms with Crippen LogP contribution in [0.1, 0.15) is 0 Å². The van der Waals surface area contributed by atoms with Gasteiger partial charge in [0, 0.05) is 6.07 Å². The number of amides is 2. The molecule has 0 aliphatic carbocycles. The average Bonchev–Trinajstić information content (AvgIpc) is 2.56. The van der Waals surface area contributed by atoms with Crippen LogP contribution in [-0.2, 0) is 9.59 Å². The maximum absolute atomic E-state index is 11.9. The minimum absolute atomic E-state index is 0.0351. The summed E-state index contributed by atoms with van der Waals surface area (Å²) in [5.41, 5.74) is -0.0441. The molecule has 0 radical (unpaired) electrons. The number of nitro groups is 1. The number of ether oxygens (including phenoxy) is 1. The molecule has 0 aliphatic heterocycles. The van der Waals surface area contributed by atoms with E-state index in [1.807, 2.05) is 0 Å². The van der Waals surface area contributed by atoms with Gasteiger partial charge in [-0.05, 0) is 18.2 Å². The molecule has 124 valence electrons. The minimum Gasteiger partial charge on any atom is -0.506 e. The van der Waals surface area contributed by atoms with Crippen molar-refractivity contribution in [3.63, 3.8) is 0 Å². The Labute approximate surface area is 136 Å². The van der Waals surface area contributed by atoms with Crippen molar-refractivity contribution in [3.05, 3.63) is 52.6 Å². The number of non-ortho nitro benzene ring substituents is 1. The van der Waals surface area contributed by atoms with Crippen LogP contribution in [0.15, 0.2) is 42.5 Å². The van der Waals surface area contributed by atoms with Gasteiger partial charge in [0.1, 0.15) is 11.5 Å². The van der Waals surface area contributed by atoms with Crippen molar-refractivity contribution in [1.29, 1.82) is 0 Å². The van der Waals surface area contributed by atoms with E-state index in [-0.39, 0.29) is 28.6 Å². The molecule has 0 saturated carbocycles. The molecule has 0 atom stereocenters. The lowest BCUT2D eigenvalue weighted by atomic mass is 10.2. The van der Waals surface area contributed by atoms with Crippen LogP contribution in [-0.4, -0.2) is 29.0 Å². The van der Waals surface area contributed by atoms with Crippen LogP contribution in [0.4, 0.5) is 17.1 Å². The number of hydrogen-bond donors (Lipinski definition) is 3. The Hall–Kier alpha value is -3.62. The molecule has 0 fully saturated rings. The summed E-state index contributed by atoms with van der Waals surface area (Å²) in [6.07, 6.45) is 0. The van der Waals surface area contributed by atoms with Gasteiger partial charge in [-0.25, -0.2) is 0 Å². The molecule has 2 aromatic rings. The van der Waals surface area contributed by atoms with Gasteiger partial charge in [0.2, 0.25) is 0 Å². The summed E-state index contributed by atoms with van der Waals surface area (Å²) in [6.45, 7) is 0. The van der Waals surface area contributed by atoms with Crippen molar-refractivity contribution in [2.45, 2.75) is 0 Å². The number of nitrogens with one attached hydrogen (secondary N) is 2. The van der Waals surface area contributed by atoms with Gasteiger partial charge in [-0.2, -0.15) is 0 Å². The number of carbonyl (C=O) groups excluding carboxylic acids is 2. The molecule has 0 unspecified atom stereocenters. The zero-order valence-electron chi connectivity index (χ0n) is 12.5. The highest BCUT2D eigenvalue weighted by Gasteiger charge is 2.19. The predicted octanol–water partition coefficient (Wildman–Crippen LogP) is 1.89. The molecule has 24 heavy (non-hydrogen) atoms. The number of carbonyl (C=O) groups is 2. The third-order valence-corrected chi connectivity index (χ3v) is 3.00. The standard InChI is InChI=1S/C15H13N3O6/c1-24-13-8-9(18(22)23)6-7-11(13)17-15(21)14(20)16-10-4-2-3-5-12(10)19/h2-8,19H,1H3,(H,16,20)(H,17,21).